The number of thioether (sulfide) groups is 1. The summed E-state index contributed by atoms with van der Waals surface area (Å²) in [7, 11) is 0. The Bertz CT molecular complexity index is 850. The first-order chi connectivity index (χ1) is 13.5. The molecule has 0 bridgehead atoms. The molecule has 0 aliphatic carbocycles. The lowest BCUT2D eigenvalue weighted by Gasteiger charge is -2.12. The molecule has 1 saturated heterocycles. The molecule has 1 aliphatic rings. The highest BCUT2D eigenvalue weighted by molar-refractivity contribution is 8.93. The summed E-state index contributed by atoms with van der Waals surface area (Å²) in [5.74, 6) is -1.19. The van der Waals surface area contributed by atoms with Crippen molar-refractivity contribution < 1.29 is 19.1 Å². The van der Waals surface area contributed by atoms with Crippen LogP contribution in [0.2, 0.25) is 0 Å². The van der Waals surface area contributed by atoms with E-state index in [1.165, 1.54) is 11.0 Å². The van der Waals surface area contributed by atoms with Gasteiger partial charge in [0.25, 0.3) is 5.91 Å². The van der Waals surface area contributed by atoms with E-state index in [2.05, 4.69) is 23.5 Å². The Balaban J connectivity index is 0.00000420. The second kappa shape index (κ2) is 12.0. The number of hydrogen-bond acceptors (Lipinski definition) is 6. The zero-order chi connectivity index (χ0) is 20.5. The van der Waals surface area contributed by atoms with Crippen molar-refractivity contribution in [2.24, 2.45) is 4.99 Å². The molecule has 7 nitrogen and oxygen atoms in total. The number of halogens is 1. The second-order valence-electron chi connectivity index (χ2n) is 5.51. The molecule has 154 valence electrons. The van der Waals surface area contributed by atoms with Gasteiger partial charge in [-0.3, -0.25) is 19.5 Å². The topological polar surface area (TPSA) is 88.1 Å². The van der Waals surface area contributed by atoms with Crippen LogP contribution in [0.5, 0.6) is 0 Å². The van der Waals surface area contributed by atoms with Gasteiger partial charge in [0, 0.05) is 18.3 Å². The van der Waals surface area contributed by atoms with Crippen LogP contribution in [0.3, 0.4) is 0 Å². The SMILES string of the molecule is Br.C=CCN=C1S/C(=C\C(=O)Nc2ccc(C(=O)OCC)cc2)C(=O)N1CC=C. The van der Waals surface area contributed by atoms with Crippen molar-refractivity contribution >= 4 is 57.4 Å². The minimum Gasteiger partial charge on any atom is -0.462 e. The molecular weight excluding hydrogens is 458 g/mol. The molecule has 2 rings (SSSR count). The average Bonchev–Trinajstić information content (AvgIpc) is 2.96. The molecule has 9 heteroatoms. The number of ether oxygens (including phenoxy) is 1. The first kappa shape index (κ1) is 24.4. The zero-order valence-electron chi connectivity index (χ0n) is 15.9. The lowest BCUT2D eigenvalue weighted by atomic mass is 10.2. The number of amides is 2. The number of aliphatic imine (C=N–C) groups is 1. The summed E-state index contributed by atoms with van der Waals surface area (Å²) in [6.45, 7) is 9.93. The van der Waals surface area contributed by atoms with Gasteiger partial charge in [-0.05, 0) is 43.0 Å². The highest BCUT2D eigenvalue weighted by atomic mass is 79.9. The molecule has 0 atom stereocenters. The van der Waals surface area contributed by atoms with Gasteiger partial charge < -0.3 is 10.1 Å². The average molecular weight is 480 g/mol. The summed E-state index contributed by atoms with van der Waals surface area (Å²) in [4.78, 5) is 42.4. The molecule has 1 aromatic rings. The quantitative estimate of drug-likeness (QED) is 0.349. The van der Waals surface area contributed by atoms with Crippen LogP contribution < -0.4 is 5.32 Å². The van der Waals surface area contributed by atoms with Crippen molar-refractivity contribution in [2.45, 2.75) is 6.92 Å². The number of esters is 1. The summed E-state index contributed by atoms with van der Waals surface area (Å²) in [6.07, 6.45) is 4.45. The van der Waals surface area contributed by atoms with Crippen molar-refractivity contribution in [1.29, 1.82) is 0 Å². The maximum atomic E-state index is 12.5. The van der Waals surface area contributed by atoms with Crippen LogP contribution in [-0.2, 0) is 14.3 Å². The van der Waals surface area contributed by atoms with Gasteiger partial charge in [0.05, 0.1) is 23.6 Å². The standard InChI is InChI=1S/C20H21N3O4S.BrH/c1-4-11-21-20-23(12-5-2)18(25)16(28-20)13-17(24)22-15-9-7-14(8-10-15)19(26)27-6-3;/h4-5,7-10,13H,1-2,6,11-12H2,3H3,(H,22,24);1H/b16-13-,21-20?;. The van der Waals surface area contributed by atoms with Gasteiger partial charge in [-0.2, -0.15) is 0 Å². The van der Waals surface area contributed by atoms with Crippen molar-refractivity contribution in [3.8, 4) is 0 Å². The van der Waals surface area contributed by atoms with E-state index in [0.29, 0.717) is 29.5 Å². The number of carbonyl (C=O) groups excluding carboxylic acids is 3. The van der Waals surface area contributed by atoms with E-state index in [0.717, 1.165) is 11.8 Å². The number of amidine groups is 1. The number of anilines is 1. The highest BCUT2D eigenvalue weighted by Crippen LogP contribution is 2.30. The second-order valence-corrected chi connectivity index (χ2v) is 6.52. The number of carbonyl (C=O) groups is 3. The van der Waals surface area contributed by atoms with E-state index in [1.54, 1.807) is 43.3 Å². The zero-order valence-corrected chi connectivity index (χ0v) is 18.5. The molecule has 2 amide bonds. The number of nitrogens with one attached hydrogen (secondary N) is 1. The summed E-state index contributed by atoms with van der Waals surface area (Å²) in [5.41, 5.74) is 0.886. The lowest BCUT2D eigenvalue weighted by molar-refractivity contribution is -0.122. The van der Waals surface area contributed by atoms with Crippen LogP contribution in [-0.4, -0.2) is 47.5 Å². The molecule has 0 unspecified atom stereocenters. The van der Waals surface area contributed by atoms with Crippen molar-refractivity contribution in [2.75, 3.05) is 25.0 Å². The van der Waals surface area contributed by atoms with E-state index in [9.17, 15) is 14.4 Å². The molecule has 0 spiro atoms. The van der Waals surface area contributed by atoms with Gasteiger partial charge in [-0.25, -0.2) is 4.79 Å². The minimum absolute atomic E-state index is 0. The van der Waals surface area contributed by atoms with Crippen molar-refractivity contribution in [1.82, 2.24) is 4.90 Å². The maximum Gasteiger partial charge on any atom is 0.338 e. The molecule has 29 heavy (non-hydrogen) atoms. The van der Waals surface area contributed by atoms with Gasteiger partial charge in [0.15, 0.2) is 5.17 Å². The third-order valence-corrected chi connectivity index (χ3v) is 4.53. The third kappa shape index (κ3) is 6.72. The Kier molecular flexibility index (Phi) is 10.1. The molecule has 0 aromatic heterocycles. The van der Waals surface area contributed by atoms with E-state index < -0.39 is 11.9 Å². The number of nitrogens with zero attached hydrogens (tertiary/aromatic N) is 2. The Morgan fingerprint density at radius 3 is 2.52 bits per heavy atom. The molecule has 0 saturated carbocycles. The molecule has 1 aliphatic heterocycles. The van der Waals surface area contributed by atoms with Crippen LogP contribution >= 0.6 is 28.7 Å². The van der Waals surface area contributed by atoms with E-state index in [1.807, 2.05) is 0 Å². The summed E-state index contributed by atoms with van der Waals surface area (Å²) in [5, 5.41) is 3.17. The first-order valence-corrected chi connectivity index (χ1v) is 9.37. The van der Waals surface area contributed by atoms with Gasteiger partial charge in [-0.15, -0.1) is 30.1 Å². The number of hydrogen-bond donors (Lipinski definition) is 1. The van der Waals surface area contributed by atoms with Crippen LogP contribution in [0.4, 0.5) is 5.69 Å². The monoisotopic (exact) mass is 479 g/mol. The van der Waals surface area contributed by atoms with E-state index in [-0.39, 0.29) is 34.4 Å². The first-order valence-electron chi connectivity index (χ1n) is 8.56. The van der Waals surface area contributed by atoms with E-state index >= 15 is 0 Å². The van der Waals surface area contributed by atoms with Crippen LogP contribution in [0.15, 0.2) is 65.5 Å². The van der Waals surface area contributed by atoms with Crippen LogP contribution in [0.1, 0.15) is 17.3 Å². The van der Waals surface area contributed by atoms with Gasteiger partial charge in [0.1, 0.15) is 0 Å². The van der Waals surface area contributed by atoms with Gasteiger partial charge in [0.2, 0.25) is 5.91 Å². The maximum absolute atomic E-state index is 12.5. The Hall–Kier alpha value is -2.65. The molecule has 1 fully saturated rings. The summed E-state index contributed by atoms with van der Waals surface area (Å²) in [6, 6.07) is 6.30. The fourth-order valence-corrected chi connectivity index (χ4v) is 3.23. The Morgan fingerprint density at radius 1 is 1.24 bits per heavy atom. The lowest BCUT2D eigenvalue weighted by Crippen LogP contribution is -2.29. The molecular formula is C20H22BrN3O4S. The summed E-state index contributed by atoms with van der Waals surface area (Å²) < 4.78 is 4.91. The highest BCUT2D eigenvalue weighted by Gasteiger charge is 2.32. The Morgan fingerprint density at radius 2 is 1.93 bits per heavy atom. The fraction of sp³-hybridized carbons (Fsp3) is 0.200. The van der Waals surface area contributed by atoms with Gasteiger partial charge in [-0.1, -0.05) is 12.2 Å². The smallest absolute Gasteiger partial charge is 0.338 e. The summed E-state index contributed by atoms with van der Waals surface area (Å²) >= 11 is 1.13. The van der Waals surface area contributed by atoms with Crippen molar-refractivity contribution in [3.05, 3.63) is 66.1 Å². The van der Waals surface area contributed by atoms with Crippen molar-refractivity contribution in [3.63, 3.8) is 0 Å². The van der Waals surface area contributed by atoms with E-state index in [4.69, 9.17) is 4.74 Å². The predicted molar refractivity (Wildman–Crippen MR) is 121 cm³/mol. The van der Waals surface area contributed by atoms with Crippen LogP contribution in [0, 0.1) is 0 Å². The van der Waals surface area contributed by atoms with Gasteiger partial charge >= 0.3 is 5.97 Å². The number of rotatable bonds is 8. The molecule has 1 N–H and O–H groups in total. The number of benzene rings is 1. The third-order valence-electron chi connectivity index (χ3n) is 3.48. The van der Waals surface area contributed by atoms with Crippen LogP contribution in [0.25, 0.3) is 0 Å². The molecule has 1 aromatic carbocycles. The largest absolute Gasteiger partial charge is 0.462 e. The predicted octanol–water partition coefficient (Wildman–Crippen LogP) is 3.57. The Labute approximate surface area is 184 Å². The normalized spacial score (nSPS) is 15.8. The minimum atomic E-state index is -0.455. The fourth-order valence-electron chi connectivity index (χ4n) is 2.26. The molecule has 0 radical (unpaired) electrons. The molecule has 1 heterocycles.